The van der Waals surface area contributed by atoms with Crippen molar-refractivity contribution >= 4 is 5.91 Å². The largest absolute Gasteiger partial charge is 0.374 e. The van der Waals surface area contributed by atoms with Crippen LogP contribution in [0.3, 0.4) is 0 Å². The molecule has 6 nitrogen and oxygen atoms in total. The Morgan fingerprint density at radius 1 is 1.33 bits per heavy atom. The second-order valence-electron chi connectivity index (χ2n) is 7.24. The lowest BCUT2D eigenvalue weighted by molar-refractivity contribution is -0.125. The Kier molecular flexibility index (Phi) is 5.89. The van der Waals surface area contributed by atoms with Gasteiger partial charge in [0.2, 0.25) is 5.91 Å². The molecular weight excluding hydrogens is 304 g/mol. The summed E-state index contributed by atoms with van der Waals surface area (Å²) in [5.41, 5.74) is 2.19. The molecule has 1 saturated carbocycles. The Hall–Kier alpha value is -1.40. The van der Waals surface area contributed by atoms with E-state index < -0.39 is 0 Å². The van der Waals surface area contributed by atoms with E-state index in [1.54, 1.807) is 0 Å². The van der Waals surface area contributed by atoms with Crippen molar-refractivity contribution in [2.75, 3.05) is 26.2 Å². The number of aryl methyl sites for hydroxylation is 2. The Morgan fingerprint density at radius 2 is 2.12 bits per heavy atom. The van der Waals surface area contributed by atoms with Crippen LogP contribution >= 0.6 is 0 Å². The number of carbonyl (C=O) groups is 1. The highest BCUT2D eigenvalue weighted by Gasteiger charge is 2.24. The molecule has 1 aliphatic heterocycles. The molecule has 1 N–H and O–H groups in total. The number of hydrogen-bond acceptors (Lipinski definition) is 4. The first-order valence-electron chi connectivity index (χ1n) is 9.24. The summed E-state index contributed by atoms with van der Waals surface area (Å²) in [6, 6.07) is 2.47. The normalized spacial score (nSPS) is 23.3. The third kappa shape index (κ3) is 4.80. The molecule has 24 heavy (non-hydrogen) atoms. The van der Waals surface area contributed by atoms with E-state index in [4.69, 9.17) is 4.74 Å². The van der Waals surface area contributed by atoms with Gasteiger partial charge in [-0.05, 0) is 32.8 Å². The molecule has 1 aromatic rings. The van der Waals surface area contributed by atoms with Crippen LogP contribution in [0.1, 0.15) is 43.5 Å². The fourth-order valence-corrected chi connectivity index (χ4v) is 3.81. The molecule has 2 fully saturated rings. The molecule has 1 atom stereocenters. The van der Waals surface area contributed by atoms with Gasteiger partial charge in [-0.2, -0.15) is 5.10 Å². The molecule has 1 aromatic heterocycles. The van der Waals surface area contributed by atoms with Crippen LogP contribution in [0.2, 0.25) is 0 Å². The van der Waals surface area contributed by atoms with Gasteiger partial charge in [-0.3, -0.25) is 14.4 Å². The highest BCUT2D eigenvalue weighted by Crippen LogP contribution is 2.17. The van der Waals surface area contributed by atoms with Crippen molar-refractivity contribution in [3.05, 3.63) is 17.5 Å². The summed E-state index contributed by atoms with van der Waals surface area (Å²) in [6.07, 6.45) is 6.16. The van der Waals surface area contributed by atoms with Crippen LogP contribution in [0, 0.1) is 13.8 Å². The third-order valence-corrected chi connectivity index (χ3v) is 5.04. The Balaban J connectivity index is 1.46. The zero-order valence-electron chi connectivity index (χ0n) is 15.0. The molecule has 0 bridgehead atoms. The molecule has 0 aromatic carbocycles. The lowest BCUT2D eigenvalue weighted by atomic mass is 9.95. The summed E-state index contributed by atoms with van der Waals surface area (Å²) in [5.74, 6) is 0.161. The number of morpholine rings is 1. The molecule has 0 unspecified atom stereocenters. The van der Waals surface area contributed by atoms with Gasteiger partial charge in [-0.15, -0.1) is 0 Å². The summed E-state index contributed by atoms with van der Waals surface area (Å²) in [4.78, 5) is 14.5. The summed E-state index contributed by atoms with van der Waals surface area (Å²) in [7, 11) is 0. The fraction of sp³-hybridized carbons (Fsp3) is 0.778. The fourth-order valence-electron chi connectivity index (χ4n) is 3.81. The predicted octanol–water partition coefficient (Wildman–Crippen LogP) is 1.65. The second kappa shape index (κ2) is 8.12. The maximum Gasteiger partial charge on any atom is 0.234 e. The monoisotopic (exact) mass is 334 g/mol. The van der Waals surface area contributed by atoms with Crippen molar-refractivity contribution in [2.24, 2.45) is 0 Å². The van der Waals surface area contributed by atoms with Crippen LogP contribution in [-0.2, 0) is 16.1 Å². The SMILES string of the molecule is Cc1cc(C)n(C[C@H]2CN(CC(=O)NC3CCCCC3)CCO2)n1. The minimum Gasteiger partial charge on any atom is -0.374 e. The molecule has 2 aliphatic rings. The highest BCUT2D eigenvalue weighted by atomic mass is 16.5. The van der Waals surface area contributed by atoms with Gasteiger partial charge in [0.25, 0.3) is 0 Å². The molecule has 0 radical (unpaired) electrons. The van der Waals surface area contributed by atoms with Crippen molar-refractivity contribution in [1.29, 1.82) is 0 Å². The molecule has 6 heteroatoms. The van der Waals surface area contributed by atoms with Gasteiger partial charge in [-0.1, -0.05) is 19.3 Å². The number of nitrogens with one attached hydrogen (secondary N) is 1. The van der Waals surface area contributed by atoms with Crippen molar-refractivity contribution in [2.45, 2.75) is 64.6 Å². The molecule has 1 saturated heterocycles. The van der Waals surface area contributed by atoms with E-state index in [1.807, 2.05) is 11.6 Å². The van der Waals surface area contributed by atoms with Gasteiger partial charge in [0.15, 0.2) is 0 Å². The van der Waals surface area contributed by atoms with E-state index >= 15 is 0 Å². The van der Waals surface area contributed by atoms with Crippen LogP contribution in [0.5, 0.6) is 0 Å². The average Bonchev–Trinajstić information content (AvgIpc) is 2.86. The molecule has 3 rings (SSSR count). The van der Waals surface area contributed by atoms with E-state index in [-0.39, 0.29) is 12.0 Å². The maximum absolute atomic E-state index is 12.3. The van der Waals surface area contributed by atoms with Crippen LogP contribution < -0.4 is 5.32 Å². The predicted molar refractivity (Wildman–Crippen MR) is 92.9 cm³/mol. The second-order valence-corrected chi connectivity index (χ2v) is 7.24. The summed E-state index contributed by atoms with van der Waals surface area (Å²) in [5, 5.41) is 7.71. The lowest BCUT2D eigenvalue weighted by Gasteiger charge is -2.33. The van der Waals surface area contributed by atoms with Gasteiger partial charge in [0, 0.05) is 24.8 Å². The minimum atomic E-state index is 0.0965. The van der Waals surface area contributed by atoms with Crippen LogP contribution in [0.25, 0.3) is 0 Å². The maximum atomic E-state index is 12.3. The average molecular weight is 334 g/mol. The molecule has 134 valence electrons. The summed E-state index contributed by atoms with van der Waals surface area (Å²) in [6.45, 7) is 7.60. The van der Waals surface area contributed by atoms with E-state index in [2.05, 4.69) is 28.3 Å². The van der Waals surface area contributed by atoms with Gasteiger partial charge < -0.3 is 10.1 Å². The Bertz CT molecular complexity index is 551. The summed E-state index contributed by atoms with van der Waals surface area (Å²) >= 11 is 0. The minimum absolute atomic E-state index is 0.0965. The van der Waals surface area contributed by atoms with E-state index in [0.717, 1.165) is 43.9 Å². The number of amides is 1. The number of rotatable bonds is 5. The number of ether oxygens (including phenoxy) is 1. The first-order chi connectivity index (χ1) is 11.6. The Labute approximate surface area is 144 Å². The van der Waals surface area contributed by atoms with Crippen LogP contribution in [0.4, 0.5) is 0 Å². The Morgan fingerprint density at radius 3 is 2.83 bits per heavy atom. The molecule has 0 spiro atoms. The van der Waals surface area contributed by atoms with Gasteiger partial charge in [0.1, 0.15) is 0 Å². The number of nitrogens with zero attached hydrogens (tertiary/aromatic N) is 3. The van der Waals surface area contributed by atoms with Crippen molar-refractivity contribution < 1.29 is 9.53 Å². The zero-order valence-corrected chi connectivity index (χ0v) is 15.0. The molecule has 1 aliphatic carbocycles. The third-order valence-electron chi connectivity index (χ3n) is 5.04. The van der Waals surface area contributed by atoms with Crippen molar-refractivity contribution in [1.82, 2.24) is 20.0 Å². The molecule has 2 heterocycles. The quantitative estimate of drug-likeness (QED) is 0.889. The van der Waals surface area contributed by atoms with E-state index in [0.29, 0.717) is 19.2 Å². The van der Waals surface area contributed by atoms with Crippen LogP contribution in [0.15, 0.2) is 6.07 Å². The number of hydrogen-bond donors (Lipinski definition) is 1. The molecular formula is C18H30N4O2. The number of aromatic nitrogens is 2. The lowest BCUT2D eigenvalue weighted by Crippen LogP contribution is -2.49. The van der Waals surface area contributed by atoms with Crippen molar-refractivity contribution in [3.8, 4) is 0 Å². The number of carbonyl (C=O) groups excluding carboxylic acids is 1. The van der Waals surface area contributed by atoms with Crippen molar-refractivity contribution in [3.63, 3.8) is 0 Å². The van der Waals surface area contributed by atoms with Crippen LogP contribution in [-0.4, -0.2) is 59.0 Å². The first kappa shape index (κ1) is 17.4. The van der Waals surface area contributed by atoms with Gasteiger partial charge in [0.05, 0.1) is 31.5 Å². The van der Waals surface area contributed by atoms with E-state index in [1.165, 1.54) is 19.3 Å². The standard InChI is InChI=1S/C18H30N4O2/c1-14-10-15(2)22(20-14)12-17-11-21(8-9-24-17)13-18(23)19-16-6-4-3-5-7-16/h10,16-17H,3-9,11-13H2,1-2H3,(H,19,23)/t17-/m1/s1. The smallest absolute Gasteiger partial charge is 0.234 e. The first-order valence-corrected chi connectivity index (χ1v) is 9.24. The topological polar surface area (TPSA) is 59.4 Å². The molecule has 1 amide bonds. The van der Waals surface area contributed by atoms with Gasteiger partial charge in [-0.25, -0.2) is 0 Å². The van der Waals surface area contributed by atoms with Gasteiger partial charge >= 0.3 is 0 Å². The highest BCUT2D eigenvalue weighted by molar-refractivity contribution is 5.78. The zero-order chi connectivity index (χ0) is 16.9. The van der Waals surface area contributed by atoms with E-state index in [9.17, 15) is 4.79 Å². The summed E-state index contributed by atoms with van der Waals surface area (Å²) < 4.78 is 7.88.